The molecule has 25 heavy (non-hydrogen) atoms. The molecule has 1 aliphatic heterocycles. The first-order valence-corrected chi connectivity index (χ1v) is 9.22. The predicted molar refractivity (Wildman–Crippen MR) is 93.5 cm³/mol. The average Bonchev–Trinajstić information content (AvgIpc) is 3.35. The fourth-order valence-electron chi connectivity index (χ4n) is 3.84. The zero-order valence-electron chi connectivity index (χ0n) is 15.5. The van der Waals surface area contributed by atoms with Crippen molar-refractivity contribution >= 4 is 5.91 Å². The fourth-order valence-corrected chi connectivity index (χ4v) is 3.84. The van der Waals surface area contributed by atoms with Gasteiger partial charge >= 0.3 is 0 Å². The number of amides is 1. The van der Waals surface area contributed by atoms with E-state index in [2.05, 4.69) is 26.4 Å². The third-order valence-corrected chi connectivity index (χ3v) is 5.39. The Hall–Kier alpha value is -1.94. The van der Waals surface area contributed by atoms with E-state index in [4.69, 9.17) is 0 Å². The van der Waals surface area contributed by atoms with Gasteiger partial charge in [0.2, 0.25) is 5.91 Å². The van der Waals surface area contributed by atoms with Gasteiger partial charge in [-0.3, -0.25) is 9.69 Å². The van der Waals surface area contributed by atoms with Crippen LogP contribution in [0.1, 0.15) is 44.3 Å². The molecule has 2 aliphatic rings. The predicted octanol–water partition coefficient (Wildman–Crippen LogP) is 1.42. The van der Waals surface area contributed by atoms with Crippen LogP contribution >= 0.6 is 0 Å². The summed E-state index contributed by atoms with van der Waals surface area (Å²) in [4.78, 5) is 19.0. The van der Waals surface area contributed by atoms with Gasteiger partial charge in [0.15, 0.2) is 0 Å². The van der Waals surface area contributed by atoms with Gasteiger partial charge in [-0.15, -0.1) is 0 Å². The standard InChI is InChI=1S/C18H28N6O/c1-13-20-14(2)24(22-13)10-15-5-4-8-23(9-15)11-17(25)21-18(3,12-19)16-6-7-16/h15-16H,4-11H2,1-3H3,(H,21,25)/t15-,18-/m0/s1. The van der Waals surface area contributed by atoms with Crippen LogP contribution in [0.15, 0.2) is 0 Å². The molecule has 1 amide bonds. The van der Waals surface area contributed by atoms with Crippen molar-refractivity contribution in [1.82, 2.24) is 25.0 Å². The molecule has 0 bridgehead atoms. The minimum absolute atomic E-state index is 0.0376. The zero-order chi connectivity index (χ0) is 18.0. The van der Waals surface area contributed by atoms with Crippen molar-refractivity contribution in [3.63, 3.8) is 0 Å². The molecule has 1 saturated carbocycles. The molecule has 7 nitrogen and oxygen atoms in total. The van der Waals surface area contributed by atoms with Gasteiger partial charge < -0.3 is 5.32 Å². The molecule has 1 aromatic rings. The van der Waals surface area contributed by atoms with Crippen LogP contribution in [0.5, 0.6) is 0 Å². The molecule has 2 atom stereocenters. The number of piperidine rings is 1. The number of rotatable bonds is 6. The molecule has 136 valence electrons. The minimum Gasteiger partial charge on any atom is -0.337 e. The van der Waals surface area contributed by atoms with E-state index in [1.807, 2.05) is 25.5 Å². The van der Waals surface area contributed by atoms with Gasteiger partial charge in [0, 0.05) is 13.1 Å². The maximum Gasteiger partial charge on any atom is 0.235 e. The number of hydrogen-bond acceptors (Lipinski definition) is 5. The van der Waals surface area contributed by atoms with E-state index in [1.165, 1.54) is 0 Å². The number of nitrogens with zero attached hydrogens (tertiary/aromatic N) is 5. The molecule has 3 rings (SSSR count). The Morgan fingerprint density at radius 1 is 1.40 bits per heavy atom. The molecule has 2 heterocycles. The summed E-state index contributed by atoms with van der Waals surface area (Å²) in [7, 11) is 0. The Labute approximate surface area is 149 Å². The van der Waals surface area contributed by atoms with Crippen LogP contribution in [-0.2, 0) is 11.3 Å². The molecular formula is C18H28N6O. The SMILES string of the molecule is Cc1nc(C)n(C[C@H]2CCCN(CC(=O)N[C@@](C)(C#N)C3CC3)C2)n1. The third kappa shape index (κ3) is 4.37. The first-order valence-electron chi connectivity index (χ1n) is 9.22. The summed E-state index contributed by atoms with van der Waals surface area (Å²) in [5.41, 5.74) is -0.707. The molecule has 1 saturated heterocycles. The van der Waals surface area contributed by atoms with Gasteiger partial charge in [-0.1, -0.05) is 0 Å². The van der Waals surface area contributed by atoms with E-state index in [-0.39, 0.29) is 5.91 Å². The van der Waals surface area contributed by atoms with Crippen LogP contribution in [0, 0.1) is 37.0 Å². The summed E-state index contributed by atoms with van der Waals surface area (Å²) < 4.78 is 1.98. The van der Waals surface area contributed by atoms with Crippen molar-refractivity contribution in [2.75, 3.05) is 19.6 Å². The summed E-state index contributed by atoms with van der Waals surface area (Å²) >= 11 is 0. The van der Waals surface area contributed by atoms with Gasteiger partial charge in [0.05, 0.1) is 12.6 Å². The molecule has 2 fully saturated rings. The lowest BCUT2D eigenvalue weighted by Crippen LogP contribution is -2.51. The van der Waals surface area contributed by atoms with Crippen LogP contribution in [0.25, 0.3) is 0 Å². The van der Waals surface area contributed by atoms with Crippen molar-refractivity contribution in [3.05, 3.63) is 11.6 Å². The topological polar surface area (TPSA) is 86.8 Å². The maximum absolute atomic E-state index is 12.4. The quantitative estimate of drug-likeness (QED) is 0.843. The minimum atomic E-state index is -0.707. The fraction of sp³-hybridized carbons (Fsp3) is 0.778. The lowest BCUT2D eigenvalue weighted by atomic mass is 9.97. The zero-order valence-corrected chi connectivity index (χ0v) is 15.5. The number of nitriles is 1. The molecule has 0 radical (unpaired) electrons. The number of hydrogen-bond donors (Lipinski definition) is 1. The van der Waals surface area contributed by atoms with Crippen molar-refractivity contribution in [1.29, 1.82) is 5.26 Å². The monoisotopic (exact) mass is 344 g/mol. The van der Waals surface area contributed by atoms with Gasteiger partial charge in [-0.05, 0) is 64.8 Å². The number of nitrogens with one attached hydrogen (secondary N) is 1. The third-order valence-electron chi connectivity index (χ3n) is 5.39. The van der Waals surface area contributed by atoms with Crippen molar-refractivity contribution in [2.45, 2.75) is 58.5 Å². The van der Waals surface area contributed by atoms with Crippen LogP contribution in [-0.4, -0.2) is 50.7 Å². The molecular weight excluding hydrogens is 316 g/mol. The Bertz CT molecular complexity index is 674. The summed E-state index contributed by atoms with van der Waals surface area (Å²) in [6.45, 7) is 8.78. The molecule has 0 unspecified atom stereocenters. The summed E-state index contributed by atoms with van der Waals surface area (Å²) in [6, 6.07) is 2.29. The van der Waals surface area contributed by atoms with Gasteiger partial charge in [0.25, 0.3) is 0 Å². The summed E-state index contributed by atoms with van der Waals surface area (Å²) in [5.74, 6) is 2.51. The number of carbonyl (C=O) groups is 1. The first-order chi connectivity index (χ1) is 11.9. The van der Waals surface area contributed by atoms with Gasteiger partial charge in [-0.2, -0.15) is 10.4 Å². The van der Waals surface area contributed by atoms with Crippen LogP contribution in [0.2, 0.25) is 0 Å². The Morgan fingerprint density at radius 3 is 2.76 bits per heavy atom. The molecule has 7 heteroatoms. The van der Waals surface area contributed by atoms with Gasteiger partial charge in [0.1, 0.15) is 17.2 Å². The lowest BCUT2D eigenvalue weighted by Gasteiger charge is -2.33. The van der Waals surface area contributed by atoms with Crippen molar-refractivity contribution in [2.24, 2.45) is 11.8 Å². The van der Waals surface area contributed by atoms with Crippen LogP contribution in [0.3, 0.4) is 0 Å². The lowest BCUT2D eigenvalue weighted by molar-refractivity contribution is -0.124. The number of aromatic nitrogens is 3. The summed E-state index contributed by atoms with van der Waals surface area (Å²) in [6.07, 6.45) is 4.30. The molecule has 0 aromatic carbocycles. The first kappa shape index (κ1) is 17.9. The van der Waals surface area contributed by atoms with Crippen LogP contribution in [0.4, 0.5) is 0 Å². The number of carbonyl (C=O) groups excluding carboxylic acids is 1. The van der Waals surface area contributed by atoms with Crippen molar-refractivity contribution in [3.8, 4) is 6.07 Å². The Balaban J connectivity index is 1.52. The summed E-state index contributed by atoms with van der Waals surface area (Å²) in [5, 5.41) is 16.8. The second kappa shape index (κ2) is 7.12. The normalized spacial score (nSPS) is 23.7. The highest BCUT2D eigenvalue weighted by molar-refractivity contribution is 5.79. The smallest absolute Gasteiger partial charge is 0.235 e. The highest BCUT2D eigenvalue weighted by Crippen LogP contribution is 2.39. The highest BCUT2D eigenvalue weighted by Gasteiger charge is 2.43. The molecule has 1 aromatic heterocycles. The van der Waals surface area contributed by atoms with Gasteiger partial charge in [-0.25, -0.2) is 9.67 Å². The molecule has 1 aliphatic carbocycles. The second-order valence-corrected chi connectivity index (χ2v) is 7.77. The Morgan fingerprint density at radius 2 is 2.16 bits per heavy atom. The number of aryl methyl sites for hydroxylation is 2. The number of likely N-dealkylation sites (tertiary alicyclic amines) is 1. The van der Waals surface area contributed by atoms with E-state index in [1.54, 1.807) is 0 Å². The second-order valence-electron chi connectivity index (χ2n) is 7.77. The van der Waals surface area contributed by atoms with Crippen molar-refractivity contribution < 1.29 is 4.79 Å². The average molecular weight is 344 g/mol. The van der Waals surface area contributed by atoms with E-state index in [9.17, 15) is 10.1 Å². The molecule has 0 spiro atoms. The van der Waals surface area contributed by atoms with E-state index >= 15 is 0 Å². The highest BCUT2D eigenvalue weighted by atomic mass is 16.2. The largest absolute Gasteiger partial charge is 0.337 e. The molecule has 1 N–H and O–H groups in total. The Kier molecular flexibility index (Phi) is 5.09. The van der Waals surface area contributed by atoms with Crippen LogP contribution < -0.4 is 5.32 Å². The van der Waals surface area contributed by atoms with E-state index in [0.717, 1.165) is 57.0 Å². The maximum atomic E-state index is 12.4. The van der Waals surface area contributed by atoms with E-state index in [0.29, 0.717) is 18.4 Å². The van der Waals surface area contributed by atoms with E-state index < -0.39 is 5.54 Å².